The van der Waals surface area contributed by atoms with Gasteiger partial charge in [-0.3, -0.25) is 0 Å². The molecule has 0 amide bonds. The summed E-state index contributed by atoms with van der Waals surface area (Å²) in [6.45, 7) is 4.44. The molecule has 0 nitrogen and oxygen atoms in total. The molecule has 2 atom stereocenters. The van der Waals surface area contributed by atoms with Crippen molar-refractivity contribution < 1.29 is 8.78 Å². The smallest absolute Gasteiger partial charge is 0.123 e. The summed E-state index contributed by atoms with van der Waals surface area (Å²) in [5.74, 6) is 1.05. The molecule has 0 aromatic heterocycles. The second-order valence-corrected chi connectivity index (χ2v) is 7.27. The molecular weight excluding hydrogens is 302 g/mol. The molecule has 2 aliphatic carbocycles. The van der Waals surface area contributed by atoms with E-state index in [9.17, 15) is 8.78 Å². The van der Waals surface area contributed by atoms with Gasteiger partial charge in [0.15, 0.2) is 0 Å². The lowest BCUT2D eigenvalue weighted by molar-refractivity contribution is 0.575. The molecule has 0 bridgehead atoms. The zero-order valence-corrected chi connectivity index (χ0v) is 14.6. The van der Waals surface area contributed by atoms with Crippen molar-refractivity contribution in [1.82, 2.24) is 0 Å². The molecule has 0 unspecified atom stereocenters. The van der Waals surface area contributed by atoms with Crippen molar-refractivity contribution in [2.24, 2.45) is 0 Å². The first kappa shape index (κ1) is 17.1. The molecule has 0 heterocycles. The van der Waals surface area contributed by atoms with Gasteiger partial charge in [-0.1, -0.05) is 26.0 Å². The average molecular weight is 328 g/mol. The third-order valence-electron chi connectivity index (χ3n) is 5.44. The zero-order valence-electron chi connectivity index (χ0n) is 14.6. The molecule has 2 aromatic carbocycles. The van der Waals surface area contributed by atoms with Crippen molar-refractivity contribution in [3.63, 3.8) is 0 Å². The molecule has 128 valence electrons. The number of fused-ring (bicyclic) bond motifs is 2. The molecule has 0 spiro atoms. The van der Waals surface area contributed by atoms with E-state index in [-0.39, 0.29) is 11.6 Å². The topological polar surface area (TPSA) is 0 Å². The van der Waals surface area contributed by atoms with Crippen LogP contribution in [0.15, 0.2) is 36.4 Å². The fraction of sp³-hybridized carbons (Fsp3) is 0.455. The predicted octanol–water partition coefficient (Wildman–Crippen LogP) is 6.53. The molecule has 0 aliphatic heterocycles. The SMILES string of the molecule is C[C@@H]1CCCc2cc(F)ccc21.C[C@H]1CCCc2cc(F)ccc21. The summed E-state index contributed by atoms with van der Waals surface area (Å²) in [4.78, 5) is 0. The van der Waals surface area contributed by atoms with E-state index in [1.165, 1.54) is 47.9 Å². The van der Waals surface area contributed by atoms with Gasteiger partial charge in [-0.25, -0.2) is 8.78 Å². The van der Waals surface area contributed by atoms with Crippen LogP contribution in [0.4, 0.5) is 8.78 Å². The van der Waals surface area contributed by atoms with Gasteiger partial charge in [0.25, 0.3) is 0 Å². The highest BCUT2D eigenvalue weighted by Crippen LogP contribution is 2.32. The molecule has 0 saturated heterocycles. The van der Waals surface area contributed by atoms with Crippen LogP contribution in [-0.4, -0.2) is 0 Å². The molecule has 0 saturated carbocycles. The van der Waals surface area contributed by atoms with Crippen LogP contribution in [0.1, 0.15) is 73.6 Å². The Balaban J connectivity index is 0.000000141. The van der Waals surface area contributed by atoms with Crippen molar-refractivity contribution in [3.05, 3.63) is 70.3 Å². The Morgan fingerprint density at radius 3 is 1.54 bits per heavy atom. The molecule has 2 aromatic rings. The lowest BCUT2D eigenvalue weighted by Gasteiger charge is -2.21. The number of aryl methyl sites for hydroxylation is 2. The molecule has 0 fully saturated rings. The summed E-state index contributed by atoms with van der Waals surface area (Å²) in [5, 5.41) is 0. The number of halogens is 2. The molecule has 24 heavy (non-hydrogen) atoms. The van der Waals surface area contributed by atoms with E-state index in [1.807, 2.05) is 12.1 Å². The van der Waals surface area contributed by atoms with Gasteiger partial charge in [0.1, 0.15) is 11.6 Å². The quantitative estimate of drug-likeness (QED) is 0.515. The number of benzene rings is 2. The van der Waals surface area contributed by atoms with Crippen LogP contribution in [0.3, 0.4) is 0 Å². The third-order valence-corrected chi connectivity index (χ3v) is 5.44. The molecule has 4 rings (SSSR count). The van der Waals surface area contributed by atoms with Crippen LogP contribution in [0, 0.1) is 11.6 Å². The zero-order chi connectivity index (χ0) is 17.1. The predicted molar refractivity (Wildman–Crippen MR) is 95.5 cm³/mol. The minimum atomic E-state index is -0.0946. The highest BCUT2D eigenvalue weighted by molar-refractivity contribution is 5.33. The van der Waals surface area contributed by atoms with Gasteiger partial charge >= 0.3 is 0 Å². The summed E-state index contributed by atoms with van der Waals surface area (Å²) in [6.07, 6.45) is 7.02. The Morgan fingerprint density at radius 1 is 0.708 bits per heavy atom. The third kappa shape index (κ3) is 3.85. The van der Waals surface area contributed by atoms with Crippen molar-refractivity contribution >= 4 is 0 Å². The van der Waals surface area contributed by atoms with E-state index in [1.54, 1.807) is 24.3 Å². The second-order valence-electron chi connectivity index (χ2n) is 7.27. The summed E-state index contributed by atoms with van der Waals surface area (Å²) in [5.41, 5.74) is 5.13. The fourth-order valence-corrected chi connectivity index (χ4v) is 4.05. The van der Waals surface area contributed by atoms with Crippen molar-refractivity contribution in [2.45, 2.75) is 64.2 Å². The molecule has 0 radical (unpaired) electrons. The van der Waals surface area contributed by atoms with Gasteiger partial charge in [0.05, 0.1) is 0 Å². The summed E-state index contributed by atoms with van der Waals surface area (Å²) in [7, 11) is 0. The maximum atomic E-state index is 12.8. The van der Waals surface area contributed by atoms with Crippen LogP contribution >= 0.6 is 0 Å². The van der Waals surface area contributed by atoms with Gasteiger partial charge in [-0.15, -0.1) is 0 Å². The Hall–Kier alpha value is -1.70. The molecule has 0 N–H and O–H groups in total. The Labute approximate surface area is 143 Å². The lowest BCUT2D eigenvalue weighted by Crippen LogP contribution is -2.06. The number of hydrogen-bond donors (Lipinski definition) is 0. The van der Waals surface area contributed by atoms with Crippen molar-refractivity contribution in [1.29, 1.82) is 0 Å². The Morgan fingerprint density at radius 2 is 1.12 bits per heavy atom. The van der Waals surface area contributed by atoms with E-state index in [0.29, 0.717) is 11.8 Å². The maximum absolute atomic E-state index is 12.8. The number of hydrogen-bond acceptors (Lipinski definition) is 0. The van der Waals surface area contributed by atoms with Crippen LogP contribution in [0.2, 0.25) is 0 Å². The average Bonchev–Trinajstić information content (AvgIpc) is 2.55. The van der Waals surface area contributed by atoms with Gasteiger partial charge in [0, 0.05) is 0 Å². The first-order valence-corrected chi connectivity index (χ1v) is 9.11. The summed E-state index contributed by atoms with van der Waals surface area (Å²) < 4.78 is 25.6. The lowest BCUT2D eigenvalue weighted by atomic mass is 9.84. The minimum Gasteiger partial charge on any atom is -0.207 e. The van der Waals surface area contributed by atoms with Crippen LogP contribution in [0.5, 0.6) is 0 Å². The Kier molecular flexibility index (Phi) is 5.33. The van der Waals surface area contributed by atoms with Gasteiger partial charge in [-0.05, 0) is 96.9 Å². The van der Waals surface area contributed by atoms with E-state index in [0.717, 1.165) is 12.8 Å². The van der Waals surface area contributed by atoms with Gasteiger partial charge < -0.3 is 0 Å². The first-order chi connectivity index (χ1) is 11.5. The summed E-state index contributed by atoms with van der Waals surface area (Å²) in [6, 6.07) is 10.4. The van der Waals surface area contributed by atoms with Gasteiger partial charge in [-0.2, -0.15) is 0 Å². The van der Waals surface area contributed by atoms with E-state index in [4.69, 9.17) is 0 Å². The first-order valence-electron chi connectivity index (χ1n) is 9.11. The number of rotatable bonds is 0. The monoisotopic (exact) mass is 328 g/mol. The van der Waals surface area contributed by atoms with E-state index < -0.39 is 0 Å². The van der Waals surface area contributed by atoms with Crippen LogP contribution in [-0.2, 0) is 12.8 Å². The minimum absolute atomic E-state index is 0.0946. The fourth-order valence-electron chi connectivity index (χ4n) is 4.05. The highest BCUT2D eigenvalue weighted by atomic mass is 19.1. The van der Waals surface area contributed by atoms with E-state index in [2.05, 4.69) is 13.8 Å². The van der Waals surface area contributed by atoms with Crippen molar-refractivity contribution in [2.75, 3.05) is 0 Å². The standard InChI is InChI=1S/2C11H13F/c2*1-8-3-2-4-9-7-10(12)5-6-11(8)9/h2*5-8H,2-4H2,1H3/t2*8-/m10/s1. The van der Waals surface area contributed by atoms with Crippen LogP contribution in [0.25, 0.3) is 0 Å². The van der Waals surface area contributed by atoms with Gasteiger partial charge in [0.2, 0.25) is 0 Å². The summed E-state index contributed by atoms with van der Waals surface area (Å²) >= 11 is 0. The van der Waals surface area contributed by atoms with E-state index >= 15 is 0 Å². The maximum Gasteiger partial charge on any atom is 0.123 e. The molecule has 2 aliphatic rings. The largest absolute Gasteiger partial charge is 0.207 e. The molecular formula is C22H26F2. The van der Waals surface area contributed by atoms with Crippen molar-refractivity contribution in [3.8, 4) is 0 Å². The Bertz CT molecular complexity index is 644. The second kappa shape index (κ2) is 7.46. The normalized spacial score (nSPS) is 22.0. The molecule has 2 heteroatoms. The van der Waals surface area contributed by atoms with Crippen LogP contribution < -0.4 is 0 Å². The highest BCUT2D eigenvalue weighted by Gasteiger charge is 2.16.